The van der Waals surface area contributed by atoms with Crippen molar-refractivity contribution < 1.29 is 18.8 Å². The summed E-state index contributed by atoms with van der Waals surface area (Å²) in [6.07, 6.45) is 1.17. The SMILES string of the molecule is CC(=O)N1CCN(C(=O)C2(C)CCN(C(=O)Cc3ccccc3F)CC2)C[C@H]1c1ccccc1. The van der Waals surface area contributed by atoms with Gasteiger partial charge in [-0.2, -0.15) is 0 Å². The number of hydrogen-bond acceptors (Lipinski definition) is 3. The van der Waals surface area contributed by atoms with Gasteiger partial charge in [0.1, 0.15) is 5.82 Å². The van der Waals surface area contributed by atoms with E-state index in [2.05, 4.69) is 0 Å². The molecule has 2 heterocycles. The van der Waals surface area contributed by atoms with Gasteiger partial charge in [-0.3, -0.25) is 14.4 Å². The summed E-state index contributed by atoms with van der Waals surface area (Å²) in [5.41, 5.74) is 0.857. The second kappa shape index (κ2) is 9.95. The summed E-state index contributed by atoms with van der Waals surface area (Å²) in [6.45, 7) is 5.98. The summed E-state index contributed by atoms with van der Waals surface area (Å²) >= 11 is 0. The van der Waals surface area contributed by atoms with Gasteiger partial charge >= 0.3 is 0 Å². The monoisotopic (exact) mass is 465 g/mol. The number of hydrogen-bond donors (Lipinski definition) is 0. The van der Waals surface area contributed by atoms with Crippen molar-refractivity contribution in [1.82, 2.24) is 14.7 Å². The molecule has 6 nitrogen and oxygen atoms in total. The molecule has 7 heteroatoms. The summed E-state index contributed by atoms with van der Waals surface area (Å²) in [6, 6.07) is 16.0. The standard InChI is InChI=1S/C27H32FN3O3/c1-20(32)31-17-16-30(19-24(31)21-8-4-3-5-9-21)26(34)27(2)12-14-29(15-13-27)25(33)18-22-10-6-7-11-23(22)28/h3-11,24H,12-19H2,1-2H3/t24-/m0/s1. The second-order valence-corrected chi connectivity index (χ2v) is 9.60. The van der Waals surface area contributed by atoms with Crippen LogP contribution in [-0.4, -0.2) is 65.1 Å². The summed E-state index contributed by atoms with van der Waals surface area (Å²) in [5.74, 6) is -0.393. The summed E-state index contributed by atoms with van der Waals surface area (Å²) < 4.78 is 13.9. The van der Waals surface area contributed by atoms with Crippen LogP contribution in [0.1, 0.15) is 43.9 Å². The summed E-state index contributed by atoms with van der Waals surface area (Å²) in [7, 11) is 0. The van der Waals surface area contributed by atoms with Gasteiger partial charge in [0, 0.05) is 45.1 Å². The fourth-order valence-corrected chi connectivity index (χ4v) is 5.07. The van der Waals surface area contributed by atoms with Gasteiger partial charge in [-0.05, 0) is 30.0 Å². The molecule has 2 aromatic carbocycles. The van der Waals surface area contributed by atoms with Gasteiger partial charge in [-0.25, -0.2) is 4.39 Å². The Labute approximate surface area is 200 Å². The minimum atomic E-state index is -0.561. The molecule has 3 amide bonds. The Balaban J connectivity index is 1.40. The molecule has 0 bridgehead atoms. The summed E-state index contributed by atoms with van der Waals surface area (Å²) in [5, 5.41) is 0. The lowest BCUT2D eigenvalue weighted by molar-refractivity contribution is -0.152. The van der Waals surface area contributed by atoms with Gasteiger partial charge in [0.05, 0.1) is 12.5 Å². The first-order valence-electron chi connectivity index (χ1n) is 11.9. The molecule has 0 unspecified atom stereocenters. The number of carbonyl (C=O) groups is 3. The zero-order valence-corrected chi connectivity index (χ0v) is 19.9. The molecule has 0 aliphatic carbocycles. The predicted octanol–water partition coefficient (Wildman–Crippen LogP) is 3.43. The Hall–Kier alpha value is -3.22. The molecule has 0 spiro atoms. The molecule has 1 atom stereocenters. The minimum absolute atomic E-state index is 0.00818. The number of piperidine rings is 1. The topological polar surface area (TPSA) is 60.9 Å². The van der Waals surface area contributed by atoms with Crippen molar-refractivity contribution in [3.8, 4) is 0 Å². The Morgan fingerprint density at radius 1 is 0.912 bits per heavy atom. The smallest absolute Gasteiger partial charge is 0.228 e. The number of carbonyl (C=O) groups excluding carboxylic acids is 3. The van der Waals surface area contributed by atoms with Crippen molar-refractivity contribution in [3.63, 3.8) is 0 Å². The Morgan fingerprint density at radius 3 is 2.21 bits per heavy atom. The number of likely N-dealkylation sites (tertiary alicyclic amines) is 1. The van der Waals surface area contributed by atoms with E-state index >= 15 is 0 Å². The molecule has 34 heavy (non-hydrogen) atoms. The Morgan fingerprint density at radius 2 is 1.56 bits per heavy atom. The first-order valence-corrected chi connectivity index (χ1v) is 11.9. The van der Waals surface area contributed by atoms with Gasteiger partial charge in [0.2, 0.25) is 17.7 Å². The van der Waals surface area contributed by atoms with Crippen LogP contribution in [-0.2, 0) is 20.8 Å². The molecule has 2 aliphatic heterocycles. The molecule has 4 rings (SSSR count). The molecule has 2 fully saturated rings. The summed E-state index contributed by atoms with van der Waals surface area (Å²) in [4.78, 5) is 44.0. The van der Waals surface area contributed by atoms with Crippen LogP contribution in [0, 0.1) is 11.2 Å². The Bertz CT molecular complexity index is 1050. The molecular formula is C27H32FN3O3. The molecule has 0 N–H and O–H groups in total. The molecule has 2 aromatic rings. The highest BCUT2D eigenvalue weighted by Gasteiger charge is 2.43. The number of rotatable bonds is 4. The van der Waals surface area contributed by atoms with Gasteiger partial charge in [-0.15, -0.1) is 0 Å². The normalized spacial score (nSPS) is 20.2. The van der Waals surface area contributed by atoms with Crippen LogP contribution in [0.3, 0.4) is 0 Å². The van der Waals surface area contributed by atoms with E-state index in [9.17, 15) is 18.8 Å². The van der Waals surface area contributed by atoms with E-state index in [4.69, 9.17) is 0 Å². The third-order valence-corrected chi connectivity index (χ3v) is 7.29. The molecule has 0 radical (unpaired) electrons. The van der Waals surface area contributed by atoms with Crippen LogP contribution in [0.25, 0.3) is 0 Å². The van der Waals surface area contributed by atoms with E-state index < -0.39 is 5.41 Å². The molecule has 0 saturated carbocycles. The average Bonchev–Trinajstić information content (AvgIpc) is 2.85. The van der Waals surface area contributed by atoms with Crippen LogP contribution in [0.2, 0.25) is 0 Å². The molecule has 2 aliphatic rings. The highest BCUT2D eigenvalue weighted by Crippen LogP contribution is 2.35. The molecule has 0 aromatic heterocycles. The minimum Gasteiger partial charge on any atom is -0.342 e. The first-order chi connectivity index (χ1) is 16.3. The fraction of sp³-hybridized carbons (Fsp3) is 0.444. The van der Waals surface area contributed by atoms with E-state index in [1.54, 1.807) is 30.0 Å². The van der Waals surface area contributed by atoms with Gasteiger partial charge < -0.3 is 14.7 Å². The van der Waals surface area contributed by atoms with Gasteiger partial charge in [0.15, 0.2) is 0 Å². The second-order valence-electron chi connectivity index (χ2n) is 9.60. The van der Waals surface area contributed by atoms with E-state index in [1.807, 2.05) is 47.1 Å². The van der Waals surface area contributed by atoms with Gasteiger partial charge in [-0.1, -0.05) is 55.5 Å². The van der Waals surface area contributed by atoms with Crippen molar-refractivity contribution in [3.05, 3.63) is 71.5 Å². The van der Waals surface area contributed by atoms with Crippen molar-refractivity contribution in [2.45, 2.75) is 39.2 Å². The highest BCUT2D eigenvalue weighted by molar-refractivity contribution is 5.84. The largest absolute Gasteiger partial charge is 0.342 e. The van der Waals surface area contributed by atoms with Crippen LogP contribution in [0.5, 0.6) is 0 Å². The fourth-order valence-electron chi connectivity index (χ4n) is 5.07. The zero-order chi connectivity index (χ0) is 24.3. The molecule has 180 valence electrons. The van der Waals surface area contributed by atoms with Crippen LogP contribution < -0.4 is 0 Å². The number of piperazine rings is 1. The zero-order valence-electron chi connectivity index (χ0n) is 19.9. The maximum atomic E-state index is 13.9. The van der Waals surface area contributed by atoms with Crippen molar-refractivity contribution in [2.24, 2.45) is 5.41 Å². The number of amides is 3. The highest BCUT2D eigenvalue weighted by atomic mass is 19.1. The predicted molar refractivity (Wildman–Crippen MR) is 127 cm³/mol. The van der Waals surface area contributed by atoms with E-state index in [0.29, 0.717) is 51.1 Å². The lowest BCUT2D eigenvalue weighted by Crippen LogP contribution is -2.56. The molecule has 2 saturated heterocycles. The van der Waals surface area contributed by atoms with E-state index in [-0.39, 0.29) is 36.0 Å². The number of nitrogens with zero attached hydrogens (tertiary/aromatic N) is 3. The van der Waals surface area contributed by atoms with Gasteiger partial charge in [0.25, 0.3) is 0 Å². The van der Waals surface area contributed by atoms with E-state index in [1.165, 1.54) is 6.07 Å². The van der Waals surface area contributed by atoms with Crippen molar-refractivity contribution in [1.29, 1.82) is 0 Å². The maximum Gasteiger partial charge on any atom is 0.228 e. The van der Waals surface area contributed by atoms with Crippen molar-refractivity contribution >= 4 is 17.7 Å². The van der Waals surface area contributed by atoms with E-state index in [0.717, 1.165) is 5.56 Å². The molecular weight excluding hydrogens is 433 g/mol. The third kappa shape index (κ3) is 4.98. The number of benzene rings is 2. The third-order valence-electron chi connectivity index (χ3n) is 7.29. The lowest BCUT2D eigenvalue weighted by atomic mass is 9.78. The van der Waals surface area contributed by atoms with Crippen LogP contribution in [0.15, 0.2) is 54.6 Å². The maximum absolute atomic E-state index is 13.9. The Kier molecular flexibility index (Phi) is 7.00. The quantitative estimate of drug-likeness (QED) is 0.695. The first kappa shape index (κ1) is 23.9. The number of halogens is 1. The lowest BCUT2D eigenvalue weighted by Gasteiger charge is -2.46. The van der Waals surface area contributed by atoms with Crippen LogP contribution in [0.4, 0.5) is 4.39 Å². The van der Waals surface area contributed by atoms with Crippen LogP contribution >= 0.6 is 0 Å². The van der Waals surface area contributed by atoms with Crippen molar-refractivity contribution in [2.75, 3.05) is 32.7 Å². The average molecular weight is 466 g/mol.